The molecule has 0 N–H and O–H groups in total. The van der Waals surface area contributed by atoms with Crippen molar-refractivity contribution in [1.29, 1.82) is 0 Å². The second-order valence-electron chi connectivity index (χ2n) is 7.92. The van der Waals surface area contributed by atoms with Gasteiger partial charge < -0.3 is 4.52 Å². The van der Waals surface area contributed by atoms with Crippen molar-refractivity contribution in [2.45, 2.75) is 25.3 Å². The maximum Gasteiger partial charge on any atom is 0.343 e. The zero-order chi connectivity index (χ0) is 24.0. The molecule has 0 saturated heterocycles. The van der Waals surface area contributed by atoms with Gasteiger partial charge in [-0.25, -0.2) is 17.6 Å². The number of carbonyl (C=O) groups is 1. The highest BCUT2D eigenvalue weighted by Gasteiger charge is 2.43. The van der Waals surface area contributed by atoms with Gasteiger partial charge in [-0.05, 0) is 49.7 Å². The largest absolute Gasteiger partial charge is 0.343 e. The normalized spacial score (nSPS) is 14.9. The van der Waals surface area contributed by atoms with Crippen LogP contribution in [0.5, 0.6) is 0 Å². The molecule has 4 aromatic rings. The average Bonchev–Trinajstić information content (AvgIpc) is 3.27. The number of sulfonamides is 1. The maximum absolute atomic E-state index is 13.6. The summed E-state index contributed by atoms with van der Waals surface area (Å²) < 4.78 is 46.6. The summed E-state index contributed by atoms with van der Waals surface area (Å²) in [6.45, 7) is 3.46. The lowest BCUT2D eigenvalue weighted by Crippen LogP contribution is -2.51. The summed E-state index contributed by atoms with van der Waals surface area (Å²) in [7, 11) is -4.15. The fourth-order valence-electron chi connectivity index (χ4n) is 3.93. The van der Waals surface area contributed by atoms with Gasteiger partial charge in [0, 0.05) is 5.56 Å². The lowest BCUT2D eigenvalue weighted by Gasteiger charge is -2.36. The van der Waals surface area contributed by atoms with Gasteiger partial charge in [0.2, 0.25) is 11.7 Å². The molecule has 0 spiro atoms. The van der Waals surface area contributed by atoms with Crippen LogP contribution in [0.2, 0.25) is 0 Å². The van der Waals surface area contributed by atoms with E-state index in [0.29, 0.717) is 11.1 Å². The molecule has 2 amide bonds. The van der Waals surface area contributed by atoms with Crippen LogP contribution in [0, 0.1) is 19.7 Å². The number of anilines is 2. The predicted molar refractivity (Wildman–Crippen MR) is 123 cm³/mol. The number of nitrogens with zero attached hydrogens (tertiary/aromatic N) is 4. The van der Waals surface area contributed by atoms with Gasteiger partial charge in [-0.3, -0.25) is 4.90 Å². The van der Waals surface area contributed by atoms with Crippen LogP contribution < -0.4 is 9.21 Å². The third-order valence-corrected chi connectivity index (χ3v) is 7.23. The molecule has 3 aromatic carbocycles. The highest BCUT2D eigenvalue weighted by Crippen LogP contribution is 2.39. The van der Waals surface area contributed by atoms with Crippen LogP contribution >= 0.6 is 0 Å². The zero-order valence-electron chi connectivity index (χ0n) is 18.3. The Labute approximate surface area is 195 Å². The van der Waals surface area contributed by atoms with Crippen LogP contribution in [0.4, 0.5) is 20.6 Å². The van der Waals surface area contributed by atoms with E-state index in [1.54, 1.807) is 43.3 Å². The number of amides is 2. The Morgan fingerprint density at radius 2 is 1.76 bits per heavy atom. The summed E-state index contributed by atoms with van der Waals surface area (Å²) in [5.41, 5.74) is 2.47. The molecule has 0 radical (unpaired) electrons. The van der Waals surface area contributed by atoms with E-state index in [1.807, 2.05) is 13.0 Å². The van der Waals surface area contributed by atoms with Gasteiger partial charge in [-0.2, -0.15) is 9.29 Å². The van der Waals surface area contributed by atoms with Crippen molar-refractivity contribution < 1.29 is 22.1 Å². The van der Waals surface area contributed by atoms with Crippen LogP contribution in [0.3, 0.4) is 0 Å². The Morgan fingerprint density at radius 3 is 2.53 bits per heavy atom. The van der Waals surface area contributed by atoms with E-state index in [2.05, 4.69) is 10.1 Å². The van der Waals surface area contributed by atoms with Crippen molar-refractivity contribution in [2.75, 3.05) is 9.21 Å². The lowest BCUT2D eigenvalue weighted by molar-refractivity contribution is 0.252. The molecule has 0 fully saturated rings. The number of rotatable bonds is 4. The van der Waals surface area contributed by atoms with Crippen LogP contribution in [0.15, 0.2) is 76.1 Å². The van der Waals surface area contributed by atoms with Crippen molar-refractivity contribution >= 4 is 27.4 Å². The molecule has 8 nitrogen and oxygen atoms in total. The predicted octanol–water partition coefficient (Wildman–Crippen LogP) is 4.83. The Balaban J connectivity index is 1.58. The molecular formula is C24H19FN4O4S. The summed E-state index contributed by atoms with van der Waals surface area (Å²) in [4.78, 5) is 19.1. The molecule has 2 heterocycles. The van der Waals surface area contributed by atoms with Crippen molar-refractivity contribution in [3.8, 4) is 11.4 Å². The zero-order valence-corrected chi connectivity index (χ0v) is 19.1. The second kappa shape index (κ2) is 8.07. The van der Waals surface area contributed by atoms with Gasteiger partial charge in [-0.1, -0.05) is 47.1 Å². The van der Waals surface area contributed by atoms with Gasteiger partial charge in [0.05, 0.1) is 11.4 Å². The fourth-order valence-corrected chi connectivity index (χ4v) is 5.59. The number of urea groups is 1. The molecule has 34 heavy (non-hydrogen) atoms. The molecule has 0 unspecified atom stereocenters. The number of hydrogen-bond acceptors (Lipinski definition) is 6. The Morgan fingerprint density at radius 1 is 0.971 bits per heavy atom. The number of fused-ring (bicyclic) bond motifs is 1. The summed E-state index contributed by atoms with van der Waals surface area (Å²) in [6, 6.07) is 16.4. The summed E-state index contributed by atoms with van der Waals surface area (Å²) in [5, 5.41) is 3.88. The standard InChI is InChI=1S/C24H19FN4O4S/c1-15-10-11-19(16(2)12-15)29-24(30)28(20-8-3-4-9-21(20)34(29,31)32)14-22-26-23(27-33-22)17-6-5-7-18(25)13-17/h3-13H,14H2,1-2H3. The molecule has 0 atom stereocenters. The van der Waals surface area contributed by atoms with Crippen molar-refractivity contribution in [1.82, 2.24) is 10.1 Å². The Hall–Kier alpha value is -4.05. The van der Waals surface area contributed by atoms with Gasteiger partial charge in [0.15, 0.2) is 0 Å². The van der Waals surface area contributed by atoms with Gasteiger partial charge in [-0.15, -0.1) is 0 Å². The van der Waals surface area contributed by atoms with Crippen LogP contribution in [-0.2, 0) is 16.6 Å². The van der Waals surface area contributed by atoms with E-state index in [1.165, 1.54) is 29.2 Å². The molecule has 1 aromatic heterocycles. The van der Waals surface area contributed by atoms with Crippen molar-refractivity contribution in [3.05, 3.63) is 89.6 Å². The fraction of sp³-hybridized carbons (Fsp3) is 0.125. The maximum atomic E-state index is 13.6. The number of carbonyl (C=O) groups excluding carboxylic acids is 1. The highest BCUT2D eigenvalue weighted by molar-refractivity contribution is 7.94. The Kier molecular flexibility index (Phi) is 5.17. The second-order valence-corrected chi connectivity index (χ2v) is 9.67. The molecule has 0 aliphatic carbocycles. The number of halogens is 1. The van der Waals surface area contributed by atoms with Gasteiger partial charge in [0.1, 0.15) is 17.3 Å². The number of aromatic nitrogens is 2. The molecule has 10 heteroatoms. The smallest absolute Gasteiger partial charge is 0.337 e. The third kappa shape index (κ3) is 3.61. The van der Waals surface area contributed by atoms with E-state index in [9.17, 15) is 17.6 Å². The number of benzene rings is 3. The summed E-state index contributed by atoms with van der Waals surface area (Å²) in [6.07, 6.45) is 0. The van der Waals surface area contributed by atoms with E-state index < -0.39 is 21.9 Å². The monoisotopic (exact) mass is 478 g/mol. The number of para-hydroxylation sites is 1. The number of aryl methyl sites for hydroxylation is 2. The lowest BCUT2D eigenvalue weighted by atomic mass is 10.1. The topological polar surface area (TPSA) is 96.6 Å². The van der Waals surface area contributed by atoms with Crippen molar-refractivity contribution in [3.63, 3.8) is 0 Å². The SMILES string of the molecule is Cc1ccc(N2C(=O)N(Cc3nc(-c4cccc(F)c4)no3)c3ccccc3S2(=O)=O)c(C)c1. The minimum Gasteiger partial charge on any atom is -0.337 e. The quantitative estimate of drug-likeness (QED) is 0.417. The molecule has 5 rings (SSSR count). The Bertz CT molecular complexity index is 1530. The van der Waals surface area contributed by atoms with Crippen LogP contribution in [0.1, 0.15) is 17.0 Å². The van der Waals surface area contributed by atoms with Crippen LogP contribution in [0.25, 0.3) is 11.4 Å². The summed E-state index contributed by atoms with van der Waals surface area (Å²) >= 11 is 0. The minimum absolute atomic E-state index is 0.0144. The third-order valence-electron chi connectivity index (χ3n) is 5.49. The molecular weight excluding hydrogens is 459 g/mol. The van der Waals surface area contributed by atoms with E-state index >= 15 is 0 Å². The minimum atomic E-state index is -4.15. The number of hydrogen-bond donors (Lipinski definition) is 0. The first-order valence-corrected chi connectivity index (χ1v) is 11.8. The van der Waals surface area contributed by atoms with E-state index in [0.717, 1.165) is 9.87 Å². The molecule has 0 bridgehead atoms. The van der Waals surface area contributed by atoms with E-state index in [4.69, 9.17) is 4.52 Å². The van der Waals surface area contributed by atoms with Gasteiger partial charge >= 0.3 is 6.03 Å². The first kappa shape index (κ1) is 21.8. The first-order valence-electron chi connectivity index (χ1n) is 10.4. The molecule has 0 saturated carbocycles. The molecule has 172 valence electrons. The summed E-state index contributed by atoms with van der Waals surface area (Å²) in [5.74, 6) is -0.216. The molecule has 1 aliphatic rings. The first-order chi connectivity index (χ1) is 16.3. The van der Waals surface area contributed by atoms with Crippen molar-refractivity contribution in [2.24, 2.45) is 0 Å². The van der Waals surface area contributed by atoms with E-state index in [-0.39, 0.29) is 34.5 Å². The van der Waals surface area contributed by atoms with Gasteiger partial charge in [0.25, 0.3) is 10.0 Å². The highest BCUT2D eigenvalue weighted by atomic mass is 32.2. The van der Waals surface area contributed by atoms with Crippen LogP contribution in [-0.4, -0.2) is 24.6 Å². The molecule has 1 aliphatic heterocycles. The average molecular weight is 479 g/mol.